The molecule has 0 saturated carbocycles. The van der Waals surface area contributed by atoms with Crippen molar-refractivity contribution >= 4 is 18.4 Å². The van der Waals surface area contributed by atoms with Crippen molar-refractivity contribution in [2.24, 2.45) is 0 Å². The van der Waals surface area contributed by atoms with E-state index in [-0.39, 0.29) is 36.8 Å². The average Bonchev–Trinajstić information content (AvgIpc) is 2.02. The molecule has 0 fully saturated rings. The second kappa shape index (κ2) is 5.92. The molecule has 0 aromatic heterocycles. The van der Waals surface area contributed by atoms with E-state index in [2.05, 4.69) is 4.52 Å². The van der Waals surface area contributed by atoms with E-state index < -0.39 is 18.4 Å². The first-order valence-corrected chi connectivity index (χ1v) is 6.08. The van der Waals surface area contributed by atoms with Gasteiger partial charge in [-0.05, 0) is 24.3 Å². The van der Waals surface area contributed by atoms with Crippen LogP contribution in [0.1, 0.15) is 0 Å². The van der Waals surface area contributed by atoms with Crippen LogP contribution in [0.25, 0.3) is 0 Å². The van der Waals surface area contributed by atoms with Gasteiger partial charge in [-0.25, -0.2) is 4.57 Å². The van der Waals surface area contributed by atoms with Crippen molar-refractivity contribution in [1.29, 1.82) is 0 Å². The maximum atomic E-state index is 10.6. The zero-order valence-corrected chi connectivity index (χ0v) is 11.5. The SMILES string of the molecule is O=[PH](O)Oc1ccc(S(=O)(=O)O)cc1.[Zr]. The third kappa shape index (κ3) is 5.04. The normalized spacial score (nSPS) is 12.7. The Balaban J connectivity index is 0.00000196. The predicted octanol–water partition coefficient (Wildman–Crippen LogP) is 0.692. The minimum Gasteiger partial charge on any atom is -0.426 e. The Bertz CT molecular complexity index is 441. The van der Waals surface area contributed by atoms with E-state index in [9.17, 15) is 13.0 Å². The molecule has 0 heterocycles. The van der Waals surface area contributed by atoms with Gasteiger partial charge in [0.25, 0.3) is 10.1 Å². The first-order valence-electron chi connectivity index (χ1n) is 3.38. The third-order valence-electron chi connectivity index (χ3n) is 1.33. The fourth-order valence-corrected chi connectivity index (χ4v) is 1.60. The van der Waals surface area contributed by atoms with Gasteiger partial charge in [0.1, 0.15) is 5.75 Å². The first-order chi connectivity index (χ1) is 6.39. The summed E-state index contributed by atoms with van der Waals surface area (Å²) in [7, 11) is -7.33. The number of hydrogen-bond donors (Lipinski definition) is 2. The number of rotatable bonds is 3. The minimum atomic E-state index is -4.24. The molecule has 1 aromatic carbocycles. The number of benzene rings is 1. The van der Waals surface area contributed by atoms with E-state index in [0.717, 1.165) is 12.1 Å². The molecule has 1 rings (SSSR count). The summed E-state index contributed by atoms with van der Waals surface area (Å²) >= 11 is 0. The van der Waals surface area contributed by atoms with Crippen LogP contribution in [-0.4, -0.2) is 17.9 Å². The summed E-state index contributed by atoms with van der Waals surface area (Å²) < 4.78 is 44.4. The van der Waals surface area contributed by atoms with E-state index in [1.165, 1.54) is 12.1 Å². The van der Waals surface area contributed by atoms with Crippen molar-refractivity contribution in [2.75, 3.05) is 0 Å². The van der Waals surface area contributed by atoms with E-state index in [1.54, 1.807) is 0 Å². The van der Waals surface area contributed by atoms with Crippen molar-refractivity contribution < 1.29 is 53.2 Å². The number of hydrogen-bond acceptors (Lipinski definition) is 4. The van der Waals surface area contributed by atoms with Gasteiger partial charge in [0, 0.05) is 26.2 Å². The van der Waals surface area contributed by atoms with Crippen LogP contribution >= 0.6 is 8.25 Å². The van der Waals surface area contributed by atoms with E-state index in [4.69, 9.17) is 9.45 Å². The van der Waals surface area contributed by atoms with Crippen molar-refractivity contribution in [3.8, 4) is 5.75 Å². The molecule has 0 bridgehead atoms. The molecule has 1 atom stereocenters. The van der Waals surface area contributed by atoms with Crippen molar-refractivity contribution in [2.45, 2.75) is 4.90 Å². The summed E-state index contributed by atoms with van der Waals surface area (Å²) in [5.41, 5.74) is 0. The molecule has 0 aliphatic rings. The van der Waals surface area contributed by atoms with Crippen molar-refractivity contribution in [1.82, 2.24) is 0 Å². The van der Waals surface area contributed by atoms with Gasteiger partial charge in [-0.2, -0.15) is 8.42 Å². The van der Waals surface area contributed by atoms with Gasteiger partial charge in [0.15, 0.2) is 0 Å². The van der Waals surface area contributed by atoms with Crippen LogP contribution in [0.15, 0.2) is 29.2 Å². The maximum Gasteiger partial charge on any atom is 0.365 e. The van der Waals surface area contributed by atoms with E-state index in [0.29, 0.717) is 0 Å². The molecule has 0 radical (unpaired) electrons. The molecule has 2 N–H and O–H groups in total. The smallest absolute Gasteiger partial charge is 0.365 e. The van der Waals surface area contributed by atoms with Crippen molar-refractivity contribution in [3.63, 3.8) is 0 Å². The summed E-state index contributed by atoms with van der Waals surface area (Å²) in [5, 5.41) is 0. The van der Waals surface area contributed by atoms with Crippen molar-refractivity contribution in [3.05, 3.63) is 24.3 Å². The van der Waals surface area contributed by atoms with Gasteiger partial charge in [-0.15, -0.1) is 0 Å². The van der Waals surface area contributed by atoms with Crippen LogP contribution in [0.2, 0.25) is 0 Å². The average molecular weight is 329 g/mol. The Kier molecular flexibility index (Phi) is 5.92. The molecule has 82 valence electrons. The predicted molar refractivity (Wildman–Crippen MR) is 48.1 cm³/mol. The topological polar surface area (TPSA) is 101 Å². The first kappa shape index (κ1) is 15.0. The minimum absolute atomic E-state index is 0. The molecule has 0 saturated heterocycles. The molecule has 1 aromatic rings. The third-order valence-corrected chi connectivity index (χ3v) is 2.60. The summed E-state index contributed by atoms with van der Waals surface area (Å²) in [6, 6.07) is 4.47. The van der Waals surface area contributed by atoms with Gasteiger partial charge in [0.05, 0.1) is 4.90 Å². The van der Waals surface area contributed by atoms with Crippen LogP contribution in [-0.2, 0) is 40.9 Å². The van der Waals surface area contributed by atoms with Crippen LogP contribution < -0.4 is 4.52 Å². The molecule has 0 aliphatic heterocycles. The zero-order valence-electron chi connectivity index (χ0n) is 7.25. The van der Waals surface area contributed by atoms with Crippen LogP contribution in [0, 0.1) is 0 Å². The molecular formula is C6H7O6PSZr. The van der Waals surface area contributed by atoms with Gasteiger partial charge in [-0.1, -0.05) is 0 Å². The second-order valence-corrected chi connectivity index (χ2v) is 4.47. The molecule has 1 unspecified atom stereocenters. The largest absolute Gasteiger partial charge is 0.426 e. The quantitative estimate of drug-likeness (QED) is 0.625. The standard InChI is InChI=1S/C6H7O6PS.Zr/c7-13(8)12-5-1-3-6(4-2-5)14(9,10)11;/h1-4,13H,(H,7,8)(H,9,10,11);. The summed E-state index contributed by atoms with van der Waals surface area (Å²) in [4.78, 5) is 8.09. The monoisotopic (exact) mass is 328 g/mol. The van der Waals surface area contributed by atoms with Gasteiger partial charge >= 0.3 is 8.25 Å². The fraction of sp³-hybridized carbons (Fsp3) is 0. The summed E-state index contributed by atoms with van der Waals surface area (Å²) in [6.45, 7) is 0. The molecule has 15 heavy (non-hydrogen) atoms. The second-order valence-electron chi connectivity index (χ2n) is 2.31. The van der Waals surface area contributed by atoms with Gasteiger partial charge in [-0.3, -0.25) is 4.55 Å². The zero-order chi connectivity index (χ0) is 10.8. The Morgan fingerprint density at radius 2 is 1.67 bits per heavy atom. The molecular weight excluding hydrogens is 322 g/mol. The Morgan fingerprint density at radius 1 is 1.20 bits per heavy atom. The van der Waals surface area contributed by atoms with E-state index >= 15 is 0 Å². The molecule has 0 spiro atoms. The molecule has 0 amide bonds. The summed E-state index contributed by atoms with van der Waals surface area (Å²) in [5.74, 6) is 0.0591. The van der Waals surface area contributed by atoms with Gasteiger partial charge in [0.2, 0.25) is 0 Å². The molecule has 6 nitrogen and oxygen atoms in total. The fourth-order valence-electron chi connectivity index (χ4n) is 0.780. The Morgan fingerprint density at radius 3 is 2.00 bits per heavy atom. The molecule has 0 aliphatic carbocycles. The Hall–Kier alpha value is 0.00312. The maximum absolute atomic E-state index is 10.6. The van der Waals surface area contributed by atoms with E-state index in [1.807, 2.05) is 0 Å². The van der Waals surface area contributed by atoms with Gasteiger partial charge < -0.3 is 9.42 Å². The van der Waals surface area contributed by atoms with Crippen LogP contribution in [0.5, 0.6) is 5.75 Å². The molecule has 9 heteroatoms. The van der Waals surface area contributed by atoms with Crippen LogP contribution in [0.4, 0.5) is 0 Å². The van der Waals surface area contributed by atoms with Crippen LogP contribution in [0.3, 0.4) is 0 Å². The Labute approximate surface area is 106 Å². The summed E-state index contributed by atoms with van der Waals surface area (Å²) in [6.07, 6.45) is 0.